The van der Waals surface area contributed by atoms with Crippen molar-refractivity contribution in [1.82, 2.24) is 19.7 Å². The number of primary amides is 1. The quantitative estimate of drug-likeness (QED) is 0.912. The van der Waals surface area contributed by atoms with Gasteiger partial charge in [-0.15, -0.1) is 0 Å². The molecule has 22 heavy (non-hydrogen) atoms. The second-order valence-electron chi connectivity index (χ2n) is 5.72. The Labute approximate surface area is 129 Å². The number of aromatic nitrogens is 4. The van der Waals surface area contributed by atoms with E-state index in [1.807, 2.05) is 30.7 Å². The molecular formula is C15H20N6O. The summed E-state index contributed by atoms with van der Waals surface area (Å²) in [5.74, 6) is 1.19. The van der Waals surface area contributed by atoms with Crippen molar-refractivity contribution in [3.8, 4) is 5.82 Å². The highest BCUT2D eigenvalue weighted by Gasteiger charge is 2.24. The number of nitrogens with two attached hydrogens (primary N) is 1. The smallest absolute Gasteiger partial charge is 0.227 e. The van der Waals surface area contributed by atoms with Crippen molar-refractivity contribution in [2.75, 3.05) is 18.0 Å². The Morgan fingerprint density at radius 3 is 2.64 bits per heavy atom. The summed E-state index contributed by atoms with van der Waals surface area (Å²) in [7, 11) is 0. The van der Waals surface area contributed by atoms with Gasteiger partial charge >= 0.3 is 0 Å². The molecule has 0 aliphatic carbocycles. The van der Waals surface area contributed by atoms with E-state index in [4.69, 9.17) is 5.73 Å². The molecule has 1 fully saturated rings. The van der Waals surface area contributed by atoms with Crippen LogP contribution in [0.1, 0.15) is 24.2 Å². The average molecular weight is 300 g/mol. The lowest BCUT2D eigenvalue weighted by Gasteiger charge is -2.30. The van der Waals surface area contributed by atoms with Gasteiger partial charge in [-0.05, 0) is 32.8 Å². The van der Waals surface area contributed by atoms with Gasteiger partial charge in [0.15, 0.2) is 5.82 Å². The maximum absolute atomic E-state index is 11.2. The predicted molar refractivity (Wildman–Crippen MR) is 82.8 cm³/mol. The van der Waals surface area contributed by atoms with E-state index in [-0.39, 0.29) is 11.8 Å². The minimum absolute atomic E-state index is 0.0320. The third-order valence-electron chi connectivity index (χ3n) is 4.03. The van der Waals surface area contributed by atoms with E-state index in [0.29, 0.717) is 5.95 Å². The highest BCUT2D eigenvalue weighted by molar-refractivity contribution is 5.76. The van der Waals surface area contributed by atoms with Crippen LogP contribution in [0, 0.1) is 19.8 Å². The molecule has 1 aliphatic rings. The molecule has 116 valence electrons. The van der Waals surface area contributed by atoms with Crippen LogP contribution in [0.25, 0.3) is 5.82 Å². The number of hydrogen-bond acceptors (Lipinski definition) is 5. The van der Waals surface area contributed by atoms with Crippen molar-refractivity contribution in [2.24, 2.45) is 11.7 Å². The minimum Gasteiger partial charge on any atom is -0.369 e. The Bertz CT molecular complexity index is 687. The molecule has 0 saturated carbocycles. The Morgan fingerprint density at radius 1 is 1.32 bits per heavy atom. The fourth-order valence-corrected chi connectivity index (χ4v) is 2.83. The molecule has 1 amide bonds. The second kappa shape index (κ2) is 5.75. The molecule has 0 aromatic carbocycles. The van der Waals surface area contributed by atoms with E-state index < -0.39 is 0 Å². The van der Waals surface area contributed by atoms with Gasteiger partial charge in [-0.25, -0.2) is 9.67 Å². The van der Waals surface area contributed by atoms with Crippen LogP contribution in [0.15, 0.2) is 18.3 Å². The molecule has 3 rings (SSSR count). The first kappa shape index (κ1) is 14.5. The van der Waals surface area contributed by atoms with E-state index in [1.165, 1.54) is 0 Å². The maximum Gasteiger partial charge on any atom is 0.227 e. The number of aryl methyl sites for hydroxylation is 2. The summed E-state index contributed by atoms with van der Waals surface area (Å²) >= 11 is 0. The van der Waals surface area contributed by atoms with Crippen molar-refractivity contribution in [3.63, 3.8) is 0 Å². The summed E-state index contributed by atoms with van der Waals surface area (Å²) in [4.78, 5) is 22.3. The third kappa shape index (κ3) is 2.79. The summed E-state index contributed by atoms with van der Waals surface area (Å²) in [6.45, 7) is 5.45. The summed E-state index contributed by atoms with van der Waals surface area (Å²) in [6, 6.07) is 3.86. The lowest BCUT2D eigenvalue weighted by atomic mass is 9.96. The van der Waals surface area contributed by atoms with Crippen LogP contribution in [0.3, 0.4) is 0 Å². The molecule has 2 aromatic heterocycles. The van der Waals surface area contributed by atoms with Crippen molar-refractivity contribution in [2.45, 2.75) is 26.7 Å². The van der Waals surface area contributed by atoms with Gasteiger partial charge in [0.1, 0.15) is 0 Å². The van der Waals surface area contributed by atoms with Crippen LogP contribution < -0.4 is 10.6 Å². The molecule has 1 aliphatic heterocycles. The topological polar surface area (TPSA) is 89.9 Å². The normalized spacial score (nSPS) is 16.0. The van der Waals surface area contributed by atoms with E-state index in [9.17, 15) is 4.79 Å². The van der Waals surface area contributed by atoms with Crippen molar-refractivity contribution < 1.29 is 4.79 Å². The van der Waals surface area contributed by atoms with E-state index in [2.05, 4.69) is 20.0 Å². The molecule has 7 nitrogen and oxygen atoms in total. The Hall–Kier alpha value is -2.44. The Morgan fingerprint density at radius 2 is 2.05 bits per heavy atom. The zero-order valence-electron chi connectivity index (χ0n) is 12.9. The molecule has 2 aromatic rings. The Kier molecular flexibility index (Phi) is 3.79. The highest BCUT2D eigenvalue weighted by Crippen LogP contribution is 2.21. The van der Waals surface area contributed by atoms with Gasteiger partial charge in [-0.3, -0.25) is 4.79 Å². The van der Waals surface area contributed by atoms with Crippen LogP contribution in [-0.2, 0) is 4.79 Å². The van der Waals surface area contributed by atoms with E-state index in [1.54, 1.807) is 6.20 Å². The summed E-state index contributed by atoms with van der Waals surface area (Å²) in [6.07, 6.45) is 3.25. The van der Waals surface area contributed by atoms with Crippen molar-refractivity contribution >= 4 is 11.9 Å². The first-order chi connectivity index (χ1) is 10.5. The first-order valence-electron chi connectivity index (χ1n) is 7.45. The minimum atomic E-state index is -0.211. The van der Waals surface area contributed by atoms with Crippen LogP contribution in [-0.4, -0.2) is 38.7 Å². The average Bonchev–Trinajstić information content (AvgIpc) is 2.86. The van der Waals surface area contributed by atoms with E-state index in [0.717, 1.165) is 43.1 Å². The molecule has 0 atom stereocenters. The summed E-state index contributed by atoms with van der Waals surface area (Å²) in [5, 5.41) is 4.45. The summed E-state index contributed by atoms with van der Waals surface area (Å²) in [5.41, 5.74) is 7.37. The van der Waals surface area contributed by atoms with Gasteiger partial charge in [0, 0.05) is 37.0 Å². The largest absolute Gasteiger partial charge is 0.369 e. The van der Waals surface area contributed by atoms with E-state index >= 15 is 0 Å². The predicted octanol–water partition coefficient (Wildman–Crippen LogP) is 0.981. The van der Waals surface area contributed by atoms with Crippen LogP contribution in [0.4, 0.5) is 5.95 Å². The van der Waals surface area contributed by atoms with Crippen molar-refractivity contribution in [3.05, 3.63) is 29.7 Å². The fraction of sp³-hybridized carbons (Fsp3) is 0.467. The standard InChI is InChI=1S/C15H20N6O/c1-10-9-11(2)21(19-10)13-3-6-17-15(18-13)20-7-4-12(5-8-20)14(16)22/h3,6,9,12H,4-5,7-8H2,1-2H3,(H2,16,22). The molecule has 0 radical (unpaired) electrons. The number of nitrogens with zero attached hydrogens (tertiary/aromatic N) is 5. The second-order valence-corrected chi connectivity index (χ2v) is 5.72. The molecule has 7 heteroatoms. The van der Waals surface area contributed by atoms with Crippen LogP contribution in [0.5, 0.6) is 0 Å². The van der Waals surface area contributed by atoms with Crippen molar-refractivity contribution in [1.29, 1.82) is 0 Å². The zero-order chi connectivity index (χ0) is 15.7. The van der Waals surface area contributed by atoms with Gasteiger partial charge in [0.05, 0.1) is 5.69 Å². The number of piperidine rings is 1. The van der Waals surface area contributed by atoms with Gasteiger partial charge in [0.25, 0.3) is 0 Å². The number of carbonyl (C=O) groups excluding carboxylic acids is 1. The molecular weight excluding hydrogens is 280 g/mol. The number of hydrogen-bond donors (Lipinski definition) is 1. The number of rotatable bonds is 3. The lowest BCUT2D eigenvalue weighted by Crippen LogP contribution is -2.39. The van der Waals surface area contributed by atoms with Crippen LogP contribution >= 0.6 is 0 Å². The first-order valence-corrected chi connectivity index (χ1v) is 7.45. The van der Waals surface area contributed by atoms with Gasteiger partial charge < -0.3 is 10.6 Å². The molecule has 2 N–H and O–H groups in total. The van der Waals surface area contributed by atoms with Gasteiger partial charge in [-0.1, -0.05) is 0 Å². The van der Waals surface area contributed by atoms with Gasteiger partial charge in [0.2, 0.25) is 11.9 Å². The monoisotopic (exact) mass is 300 g/mol. The molecule has 1 saturated heterocycles. The molecule has 0 bridgehead atoms. The maximum atomic E-state index is 11.2. The van der Waals surface area contributed by atoms with Crippen LogP contribution in [0.2, 0.25) is 0 Å². The zero-order valence-corrected chi connectivity index (χ0v) is 12.9. The molecule has 3 heterocycles. The third-order valence-corrected chi connectivity index (χ3v) is 4.03. The number of carbonyl (C=O) groups is 1. The van der Waals surface area contributed by atoms with Gasteiger partial charge in [-0.2, -0.15) is 10.1 Å². The highest BCUT2D eigenvalue weighted by atomic mass is 16.1. The molecule has 0 unspecified atom stereocenters. The number of amides is 1. The fourth-order valence-electron chi connectivity index (χ4n) is 2.83. The Balaban J connectivity index is 1.80. The SMILES string of the molecule is Cc1cc(C)n(-c2ccnc(N3CCC(C(N)=O)CC3)n2)n1. The number of anilines is 1. The summed E-state index contributed by atoms with van der Waals surface area (Å²) < 4.78 is 1.82. The lowest BCUT2D eigenvalue weighted by molar-refractivity contribution is -0.122. The molecule has 0 spiro atoms.